The summed E-state index contributed by atoms with van der Waals surface area (Å²) in [5, 5.41) is 3.57. The molecule has 25 heavy (non-hydrogen) atoms. The van der Waals surface area contributed by atoms with Crippen molar-refractivity contribution in [2.75, 3.05) is 11.9 Å². The molecule has 138 valence electrons. The first-order chi connectivity index (χ1) is 12.1. The molecule has 0 aliphatic heterocycles. The van der Waals surface area contributed by atoms with E-state index in [1.807, 2.05) is 19.9 Å². The maximum absolute atomic E-state index is 6.03. The van der Waals surface area contributed by atoms with Gasteiger partial charge >= 0.3 is 0 Å². The summed E-state index contributed by atoms with van der Waals surface area (Å²) in [4.78, 5) is 0. The standard InChI is InChI=1S/C22H31BrO2/c1-17(2)25-20-11-12-21-18(3)22(13-10-19(21)16-20)24-15-9-7-5-4-6-8-14-23/h10-13,16-17H,4-9,14-15H2,1-3H3. The molecular weight excluding hydrogens is 376 g/mol. The highest BCUT2D eigenvalue weighted by atomic mass is 79.9. The molecule has 0 atom stereocenters. The number of hydrogen-bond acceptors (Lipinski definition) is 2. The van der Waals surface area contributed by atoms with Gasteiger partial charge in [0, 0.05) is 5.33 Å². The van der Waals surface area contributed by atoms with Gasteiger partial charge in [-0.05, 0) is 68.1 Å². The van der Waals surface area contributed by atoms with Gasteiger partial charge in [0.15, 0.2) is 0 Å². The third-order valence-electron chi connectivity index (χ3n) is 4.37. The highest BCUT2D eigenvalue weighted by Crippen LogP contribution is 2.30. The molecule has 0 fully saturated rings. The van der Waals surface area contributed by atoms with Gasteiger partial charge in [-0.3, -0.25) is 0 Å². The molecule has 0 aliphatic rings. The molecule has 3 heteroatoms. The second-order valence-electron chi connectivity index (χ2n) is 6.90. The van der Waals surface area contributed by atoms with Crippen LogP contribution in [0.25, 0.3) is 10.8 Å². The first-order valence-corrected chi connectivity index (χ1v) is 10.6. The van der Waals surface area contributed by atoms with E-state index in [-0.39, 0.29) is 6.10 Å². The Hall–Kier alpha value is -1.22. The molecule has 0 unspecified atom stereocenters. The monoisotopic (exact) mass is 406 g/mol. The minimum Gasteiger partial charge on any atom is -0.493 e. The summed E-state index contributed by atoms with van der Waals surface area (Å²) in [5.74, 6) is 1.93. The Labute approximate surface area is 161 Å². The molecule has 0 saturated heterocycles. The van der Waals surface area contributed by atoms with E-state index < -0.39 is 0 Å². The Morgan fingerprint density at radius 3 is 2.36 bits per heavy atom. The van der Waals surface area contributed by atoms with E-state index in [1.165, 1.54) is 48.4 Å². The Kier molecular flexibility index (Phi) is 8.60. The van der Waals surface area contributed by atoms with Crippen LogP contribution in [0.2, 0.25) is 0 Å². The Morgan fingerprint density at radius 2 is 1.64 bits per heavy atom. The van der Waals surface area contributed by atoms with Crippen LogP contribution in [-0.4, -0.2) is 18.0 Å². The number of hydrogen-bond donors (Lipinski definition) is 0. The van der Waals surface area contributed by atoms with E-state index >= 15 is 0 Å². The van der Waals surface area contributed by atoms with Crippen LogP contribution in [-0.2, 0) is 0 Å². The fraction of sp³-hybridized carbons (Fsp3) is 0.545. The lowest BCUT2D eigenvalue weighted by molar-refractivity contribution is 0.243. The van der Waals surface area contributed by atoms with Crippen molar-refractivity contribution in [1.29, 1.82) is 0 Å². The summed E-state index contributed by atoms with van der Waals surface area (Å²) in [6.45, 7) is 7.04. The van der Waals surface area contributed by atoms with Crippen LogP contribution < -0.4 is 9.47 Å². The third kappa shape index (κ3) is 6.54. The number of aryl methyl sites for hydroxylation is 1. The predicted molar refractivity (Wildman–Crippen MR) is 111 cm³/mol. The SMILES string of the molecule is Cc1c(OCCCCCCCCBr)ccc2cc(OC(C)C)ccc12. The zero-order valence-electron chi connectivity index (χ0n) is 15.8. The highest BCUT2D eigenvalue weighted by Gasteiger charge is 2.07. The third-order valence-corrected chi connectivity index (χ3v) is 4.93. The summed E-state index contributed by atoms with van der Waals surface area (Å²) in [6, 6.07) is 10.5. The van der Waals surface area contributed by atoms with Gasteiger partial charge in [-0.2, -0.15) is 0 Å². The largest absolute Gasteiger partial charge is 0.493 e. The average molecular weight is 407 g/mol. The van der Waals surface area contributed by atoms with Crippen LogP contribution in [0.4, 0.5) is 0 Å². The van der Waals surface area contributed by atoms with Crippen molar-refractivity contribution >= 4 is 26.7 Å². The van der Waals surface area contributed by atoms with Gasteiger partial charge in [-0.25, -0.2) is 0 Å². The number of rotatable bonds is 11. The molecule has 0 saturated carbocycles. The van der Waals surface area contributed by atoms with Crippen LogP contribution in [0.15, 0.2) is 30.3 Å². The van der Waals surface area contributed by atoms with E-state index in [9.17, 15) is 0 Å². The van der Waals surface area contributed by atoms with Crippen molar-refractivity contribution in [3.63, 3.8) is 0 Å². The van der Waals surface area contributed by atoms with Crippen molar-refractivity contribution in [1.82, 2.24) is 0 Å². The summed E-state index contributed by atoms with van der Waals surface area (Å²) >= 11 is 3.48. The maximum atomic E-state index is 6.03. The van der Waals surface area contributed by atoms with Gasteiger partial charge in [0.25, 0.3) is 0 Å². The number of ether oxygens (including phenoxy) is 2. The number of benzene rings is 2. The Bertz CT molecular complexity index is 652. The molecule has 2 aromatic carbocycles. The van der Waals surface area contributed by atoms with Crippen molar-refractivity contribution < 1.29 is 9.47 Å². The van der Waals surface area contributed by atoms with Crippen LogP contribution in [0.3, 0.4) is 0 Å². The summed E-state index contributed by atoms with van der Waals surface area (Å²) in [7, 11) is 0. The minimum absolute atomic E-state index is 0.195. The normalized spacial score (nSPS) is 11.2. The van der Waals surface area contributed by atoms with Gasteiger partial charge in [-0.1, -0.05) is 53.7 Å². The lowest BCUT2D eigenvalue weighted by atomic mass is 10.0. The van der Waals surface area contributed by atoms with Crippen LogP contribution >= 0.6 is 15.9 Å². The van der Waals surface area contributed by atoms with E-state index in [0.717, 1.165) is 29.9 Å². The second kappa shape index (κ2) is 10.7. The molecule has 2 aromatic rings. The second-order valence-corrected chi connectivity index (χ2v) is 7.69. The summed E-state index contributed by atoms with van der Waals surface area (Å²) in [6.07, 6.45) is 7.85. The van der Waals surface area contributed by atoms with E-state index in [1.54, 1.807) is 0 Å². The van der Waals surface area contributed by atoms with Gasteiger partial charge in [-0.15, -0.1) is 0 Å². The topological polar surface area (TPSA) is 18.5 Å². The summed E-state index contributed by atoms with van der Waals surface area (Å²) in [5.41, 5.74) is 1.21. The predicted octanol–water partition coefficient (Wildman–Crippen LogP) is 7.05. The van der Waals surface area contributed by atoms with Crippen molar-refractivity contribution in [3.05, 3.63) is 35.9 Å². The quantitative estimate of drug-likeness (QED) is 0.294. The zero-order valence-corrected chi connectivity index (χ0v) is 17.4. The van der Waals surface area contributed by atoms with Crippen LogP contribution in [0.5, 0.6) is 11.5 Å². The molecule has 2 rings (SSSR count). The van der Waals surface area contributed by atoms with E-state index in [0.29, 0.717) is 0 Å². The number of halogens is 1. The Balaban J connectivity index is 1.86. The molecule has 0 spiro atoms. The molecule has 0 aromatic heterocycles. The van der Waals surface area contributed by atoms with Crippen molar-refractivity contribution in [2.24, 2.45) is 0 Å². The molecule has 0 radical (unpaired) electrons. The van der Waals surface area contributed by atoms with Gasteiger partial charge in [0.2, 0.25) is 0 Å². The molecule has 2 nitrogen and oxygen atoms in total. The number of alkyl halides is 1. The molecule has 0 amide bonds. The lowest BCUT2D eigenvalue weighted by Crippen LogP contribution is -2.05. The fourth-order valence-corrected chi connectivity index (χ4v) is 3.43. The van der Waals surface area contributed by atoms with Gasteiger partial charge in [0.05, 0.1) is 12.7 Å². The first-order valence-electron chi connectivity index (χ1n) is 9.50. The van der Waals surface area contributed by atoms with E-state index in [4.69, 9.17) is 9.47 Å². The fourth-order valence-electron chi connectivity index (χ4n) is 3.03. The molecular formula is C22H31BrO2. The maximum Gasteiger partial charge on any atom is 0.122 e. The summed E-state index contributed by atoms with van der Waals surface area (Å²) < 4.78 is 11.8. The molecule has 0 heterocycles. The Morgan fingerprint density at radius 1 is 0.920 bits per heavy atom. The number of unbranched alkanes of at least 4 members (excludes halogenated alkanes) is 5. The van der Waals surface area contributed by atoms with Crippen LogP contribution in [0.1, 0.15) is 57.9 Å². The average Bonchev–Trinajstić information content (AvgIpc) is 2.58. The smallest absolute Gasteiger partial charge is 0.122 e. The highest BCUT2D eigenvalue weighted by molar-refractivity contribution is 9.09. The molecule has 0 N–H and O–H groups in total. The molecule has 0 bridgehead atoms. The van der Waals surface area contributed by atoms with Gasteiger partial charge in [0.1, 0.15) is 11.5 Å². The zero-order chi connectivity index (χ0) is 18.1. The lowest BCUT2D eigenvalue weighted by Gasteiger charge is -2.14. The minimum atomic E-state index is 0.195. The van der Waals surface area contributed by atoms with E-state index in [2.05, 4.69) is 47.1 Å². The number of fused-ring (bicyclic) bond motifs is 1. The van der Waals surface area contributed by atoms with Crippen molar-refractivity contribution in [2.45, 2.75) is 65.4 Å². The molecule has 0 aliphatic carbocycles. The first kappa shape index (κ1) is 20.1. The van der Waals surface area contributed by atoms with Crippen LogP contribution in [0, 0.1) is 6.92 Å². The van der Waals surface area contributed by atoms with Crippen molar-refractivity contribution in [3.8, 4) is 11.5 Å². The van der Waals surface area contributed by atoms with Gasteiger partial charge < -0.3 is 9.47 Å².